The maximum absolute atomic E-state index is 2.60. The van der Waals surface area contributed by atoms with Gasteiger partial charge in [0.15, 0.2) is 0 Å². The molecule has 0 aliphatic carbocycles. The SMILES string of the molecule is c1ccc(C2N3CCCN2CC3)cc1. The van der Waals surface area contributed by atoms with Crippen LogP contribution in [-0.4, -0.2) is 36.0 Å². The largest absolute Gasteiger partial charge is 0.283 e. The second-order valence-electron chi connectivity index (χ2n) is 4.21. The molecule has 0 N–H and O–H groups in total. The van der Waals surface area contributed by atoms with Crippen LogP contribution in [-0.2, 0) is 0 Å². The van der Waals surface area contributed by atoms with Crippen molar-refractivity contribution in [1.29, 1.82) is 0 Å². The molecule has 2 heteroatoms. The van der Waals surface area contributed by atoms with Gasteiger partial charge in [0.25, 0.3) is 0 Å². The lowest BCUT2D eigenvalue weighted by Crippen LogP contribution is -2.37. The summed E-state index contributed by atoms with van der Waals surface area (Å²) in [5, 5.41) is 0. The number of nitrogens with zero attached hydrogens (tertiary/aromatic N) is 2. The molecule has 2 heterocycles. The van der Waals surface area contributed by atoms with Crippen molar-refractivity contribution in [3.8, 4) is 0 Å². The summed E-state index contributed by atoms with van der Waals surface area (Å²) in [7, 11) is 0. The average molecular weight is 188 g/mol. The number of benzene rings is 1. The zero-order valence-corrected chi connectivity index (χ0v) is 8.39. The third-order valence-electron chi connectivity index (χ3n) is 3.35. The minimum atomic E-state index is 0.574. The molecule has 0 amide bonds. The van der Waals surface area contributed by atoms with Crippen molar-refractivity contribution in [1.82, 2.24) is 9.80 Å². The van der Waals surface area contributed by atoms with E-state index in [0.29, 0.717) is 6.17 Å². The van der Waals surface area contributed by atoms with Gasteiger partial charge in [-0.15, -0.1) is 0 Å². The molecular weight excluding hydrogens is 172 g/mol. The maximum Gasteiger partial charge on any atom is 0.0887 e. The van der Waals surface area contributed by atoms with Crippen LogP contribution in [0.1, 0.15) is 18.2 Å². The third kappa shape index (κ3) is 1.26. The van der Waals surface area contributed by atoms with E-state index in [1.807, 2.05) is 0 Å². The fraction of sp³-hybridized carbons (Fsp3) is 0.500. The zero-order valence-electron chi connectivity index (χ0n) is 8.39. The van der Waals surface area contributed by atoms with E-state index >= 15 is 0 Å². The van der Waals surface area contributed by atoms with Crippen molar-refractivity contribution in [2.75, 3.05) is 26.2 Å². The molecule has 3 rings (SSSR count). The lowest BCUT2D eigenvalue weighted by molar-refractivity contribution is 0.0928. The first-order valence-electron chi connectivity index (χ1n) is 5.48. The molecule has 2 saturated heterocycles. The molecule has 14 heavy (non-hydrogen) atoms. The van der Waals surface area contributed by atoms with Gasteiger partial charge in [-0.2, -0.15) is 0 Å². The van der Waals surface area contributed by atoms with Gasteiger partial charge < -0.3 is 0 Å². The summed E-state index contributed by atoms with van der Waals surface area (Å²) in [5.41, 5.74) is 1.46. The van der Waals surface area contributed by atoms with Gasteiger partial charge in [-0.3, -0.25) is 9.80 Å². The van der Waals surface area contributed by atoms with E-state index in [9.17, 15) is 0 Å². The Kier molecular flexibility index (Phi) is 2.03. The molecule has 0 radical (unpaired) electrons. The Labute approximate surface area is 85.1 Å². The van der Waals surface area contributed by atoms with Gasteiger partial charge in [-0.05, 0) is 12.0 Å². The standard InChI is InChI=1S/C12H16N2/c1-2-5-11(6-3-1)12-13-7-4-8-14(12)10-9-13/h1-3,5-6,12H,4,7-10H2. The first-order valence-corrected chi connectivity index (χ1v) is 5.48. The van der Waals surface area contributed by atoms with E-state index in [4.69, 9.17) is 0 Å². The smallest absolute Gasteiger partial charge is 0.0887 e. The van der Waals surface area contributed by atoms with E-state index in [1.54, 1.807) is 0 Å². The topological polar surface area (TPSA) is 6.48 Å². The average Bonchev–Trinajstić information content (AvgIpc) is 2.50. The molecule has 2 bridgehead atoms. The molecule has 74 valence electrons. The second kappa shape index (κ2) is 3.37. The predicted octanol–water partition coefficient (Wildman–Crippen LogP) is 1.71. The van der Waals surface area contributed by atoms with E-state index in [2.05, 4.69) is 40.1 Å². The van der Waals surface area contributed by atoms with Crippen molar-refractivity contribution in [2.24, 2.45) is 0 Å². The van der Waals surface area contributed by atoms with Gasteiger partial charge in [0.2, 0.25) is 0 Å². The third-order valence-corrected chi connectivity index (χ3v) is 3.35. The number of hydrogen-bond acceptors (Lipinski definition) is 2. The Morgan fingerprint density at radius 2 is 1.50 bits per heavy atom. The van der Waals surface area contributed by atoms with Crippen LogP contribution >= 0.6 is 0 Å². The maximum atomic E-state index is 2.60. The van der Waals surface area contributed by atoms with Crippen LogP contribution < -0.4 is 0 Å². The summed E-state index contributed by atoms with van der Waals surface area (Å²) in [4.78, 5) is 5.19. The van der Waals surface area contributed by atoms with Crippen LogP contribution in [0.3, 0.4) is 0 Å². The van der Waals surface area contributed by atoms with Crippen molar-refractivity contribution < 1.29 is 0 Å². The Morgan fingerprint density at radius 3 is 2.14 bits per heavy atom. The van der Waals surface area contributed by atoms with Gasteiger partial charge in [0.05, 0.1) is 6.17 Å². The molecule has 1 aromatic carbocycles. The number of fused-ring (bicyclic) bond motifs is 2. The Bertz CT molecular complexity index is 293. The molecule has 0 aromatic heterocycles. The highest BCUT2D eigenvalue weighted by molar-refractivity contribution is 5.20. The monoisotopic (exact) mass is 188 g/mol. The summed E-state index contributed by atoms with van der Waals surface area (Å²) in [6.07, 6.45) is 1.91. The minimum absolute atomic E-state index is 0.574. The molecule has 2 fully saturated rings. The summed E-state index contributed by atoms with van der Waals surface area (Å²) < 4.78 is 0. The molecule has 2 aliphatic heterocycles. The highest BCUT2D eigenvalue weighted by atomic mass is 15.4. The van der Waals surface area contributed by atoms with Gasteiger partial charge in [-0.25, -0.2) is 0 Å². The second-order valence-corrected chi connectivity index (χ2v) is 4.21. The summed E-state index contributed by atoms with van der Waals surface area (Å²) in [6, 6.07) is 10.9. The lowest BCUT2D eigenvalue weighted by atomic mass is 10.1. The van der Waals surface area contributed by atoms with Crippen LogP contribution in [0.5, 0.6) is 0 Å². The van der Waals surface area contributed by atoms with Crippen LogP contribution in [0.4, 0.5) is 0 Å². The fourth-order valence-electron chi connectivity index (χ4n) is 2.72. The van der Waals surface area contributed by atoms with Gasteiger partial charge in [-0.1, -0.05) is 30.3 Å². The van der Waals surface area contributed by atoms with Crippen molar-refractivity contribution in [3.05, 3.63) is 35.9 Å². The number of rotatable bonds is 1. The van der Waals surface area contributed by atoms with Crippen LogP contribution in [0.25, 0.3) is 0 Å². The molecule has 1 aromatic rings. The Balaban J connectivity index is 1.92. The molecule has 0 spiro atoms. The molecule has 2 atom stereocenters. The Hall–Kier alpha value is -0.860. The van der Waals surface area contributed by atoms with Gasteiger partial charge in [0, 0.05) is 26.2 Å². The van der Waals surface area contributed by atoms with E-state index in [1.165, 1.54) is 38.2 Å². The predicted molar refractivity (Wildman–Crippen MR) is 56.9 cm³/mol. The Morgan fingerprint density at radius 1 is 0.857 bits per heavy atom. The minimum Gasteiger partial charge on any atom is -0.283 e. The summed E-state index contributed by atoms with van der Waals surface area (Å²) >= 11 is 0. The van der Waals surface area contributed by atoms with E-state index in [-0.39, 0.29) is 0 Å². The highest BCUT2D eigenvalue weighted by Crippen LogP contribution is 2.32. The molecule has 2 nitrogen and oxygen atoms in total. The molecule has 2 unspecified atom stereocenters. The first-order chi connectivity index (χ1) is 6.95. The highest BCUT2D eigenvalue weighted by Gasteiger charge is 2.35. The summed E-state index contributed by atoms with van der Waals surface area (Å²) in [5.74, 6) is 0. The van der Waals surface area contributed by atoms with E-state index in [0.717, 1.165) is 0 Å². The van der Waals surface area contributed by atoms with Gasteiger partial charge >= 0.3 is 0 Å². The zero-order chi connectivity index (χ0) is 9.38. The molecular formula is C12H16N2. The lowest BCUT2D eigenvalue weighted by Gasteiger charge is -2.35. The quantitative estimate of drug-likeness (QED) is 0.662. The normalized spacial score (nSPS) is 35.9. The van der Waals surface area contributed by atoms with Gasteiger partial charge in [0.1, 0.15) is 0 Å². The van der Waals surface area contributed by atoms with E-state index < -0.39 is 0 Å². The molecule has 2 aliphatic rings. The van der Waals surface area contributed by atoms with Crippen LogP contribution in [0.15, 0.2) is 30.3 Å². The first kappa shape index (κ1) is 8.45. The molecule has 0 saturated carbocycles. The van der Waals surface area contributed by atoms with Crippen molar-refractivity contribution >= 4 is 0 Å². The van der Waals surface area contributed by atoms with Crippen molar-refractivity contribution in [2.45, 2.75) is 12.6 Å². The number of hydrogen-bond donors (Lipinski definition) is 0. The summed E-state index contributed by atoms with van der Waals surface area (Å²) in [6.45, 7) is 5.05. The van der Waals surface area contributed by atoms with Crippen LogP contribution in [0.2, 0.25) is 0 Å². The van der Waals surface area contributed by atoms with Crippen molar-refractivity contribution in [3.63, 3.8) is 0 Å². The van der Waals surface area contributed by atoms with Crippen LogP contribution in [0, 0.1) is 0 Å². The fourth-order valence-corrected chi connectivity index (χ4v) is 2.72.